The van der Waals surface area contributed by atoms with Crippen LogP contribution in [-0.2, 0) is 0 Å². The van der Waals surface area contributed by atoms with Crippen LogP contribution in [0.5, 0.6) is 0 Å². The first-order valence-electron chi connectivity index (χ1n) is 4.70. The second-order valence-electron chi connectivity index (χ2n) is 3.01. The number of aldehydes is 1. The summed E-state index contributed by atoms with van der Waals surface area (Å²) >= 11 is 0. The summed E-state index contributed by atoms with van der Waals surface area (Å²) in [6.45, 7) is 0.346. The Kier molecular flexibility index (Phi) is 4.76. The van der Waals surface area contributed by atoms with Gasteiger partial charge in [0.15, 0.2) is 6.29 Å². The van der Waals surface area contributed by atoms with Crippen LogP contribution in [0, 0.1) is 5.82 Å². The highest BCUT2D eigenvalue weighted by Gasteiger charge is 2.03. The van der Waals surface area contributed by atoms with Crippen LogP contribution in [0.3, 0.4) is 0 Å². The van der Waals surface area contributed by atoms with Crippen LogP contribution in [0.2, 0.25) is 0 Å². The van der Waals surface area contributed by atoms with Gasteiger partial charge in [-0.05, 0) is 23.6 Å². The van der Waals surface area contributed by atoms with E-state index in [1.807, 2.05) is 0 Å². The fraction of sp³-hybridized carbons (Fsp3) is 0.182. The lowest BCUT2D eigenvalue weighted by Crippen LogP contribution is -1.91. The number of azide groups is 1. The molecule has 4 nitrogen and oxygen atoms in total. The van der Waals surface area contributed by atoms with Gasteiger partial charge < -0.3 is 0 Å². The van der Waals surface area contributed by atoms with Crippen LogP contribution in [0.1, 0.15) is 22.3 Å². The molecule has 1 aromatic rings. The van der Waals surface area contributed by atoms with E-state index in [9.17, 15) is 9.18 Å². The van der Waals surface area contributed by atoms with Crippen molar-refractivity contribution in [2.45, 2.75) is 6.42 Å². The van der Waals surface area contributed by atoms with Gasteiger partial charge in [-0.2, -0.15) is 0 Å². The molecular formula is C11H10FN3O. The third kappa shape index (κ3) is 3.22. The van der Waals surface area contributed by atoms with Crippen LogP contribution >= 0.6 is 0 Å². The average molecular weight is 219 g/mol. The van der Waals surface area contributed by atoms with Gasteiger partial charge in [-0.15, -0.1) is 0 Å². The van der Waals surface area contributed by atoms with Gasteiger partial charge in [0.1, 0.15) is 5.82 Å². The molecular weight excluding hydrogens is 209 g/mol. The van der Waals surface area contributed by atoms with Gasteiger partial charge in [-0.1, -0.05) is 29.4 Å². The van der Waals surface area contributed by atoms with E-state index in [0.717, 1.165) is 0 Å². The summed E-state index contributed by atoms with van der Waals surface area (Å²) < 4.78 is 13.1. The molecule has 0 aromatic heterocycles. The topological polar surface area (TPSA) is 65.8 Å². The van der Waals surface area contributed by atoms with Gasteiger partial charge in [-0.3, -0.25) is 4.79 Å². The maximum absolute atomic E-state index is 13.1. The first-order chi connectivity index (χ1) is 7.79. The third-order valence-electron chi connectivity index (χ3n) is 1.96. The van der Waals surface area contributed by atoms with E-state index < -0.39 is 5.82 Å². The second-order valence-corrected chi connectivity index (χ2v) is 3.01. The summed E-state index contributed by atoms with van der Waals surface area (Å²) in [6.07, 6.45) is 4.41. The van der Waals surface area contributed by atoms with Crippen molar-refractivity contribution in [1.29, 1.82) is 0 Å². The van der Waals surface area contributed by atoms with Gasteiger partial charge in [-0.25, -0.2) is 4.39 Å². The van der Waals surface area contributed by atoms with E-state index in [0.29, 0.717) is 24.8 Å². The van der Waals surface area contributed by atoms with Crippen molar-refractivity contribution in [2.24, 2.45) is 5.11 Å². The normalized spacial score (nSPS) is 10.1. The van der Waals surface area contributed by atoms with Crippen LogP contribution < -0.4 is 0 Å². The number of rotatable bonds is 5. The van der Waals surface area contributed by atoms with E-state index in [-0.39, 0.29) is 5.56 Å². The molecule has 0 saturated carbocycles. The van der Waals surface area contributed by atoms with Gasteiger partial charge in [0.05, 0.1) is 5.56 Å². The number of benzene rings is 1. The summed E-state index contributed by atoms with van der Waals surface area (Å²) in [5.74, 6) is -0.535. The maximum atomic E-state index is 13.1. The van der Waals surface area contributed by atoms with Crippen molar-refractivity contribution in [1.82, 2.24) is 0 Å². The Balaban J connectivity index is 2.76. The molecule has 0 amide bonds. The SMILES string of the molecule is [N-]=[N+]=NCCC=Cc1cccc(F)c1C=O. The zero-order chi connectivity index (χ0) is 11.8. The van der Waals surface area contributed by atoms with Crippen molar-refractivity contribution >= 4 is 12.4 Å². The second kappa shape index (κ2) is 6.37. The molecule has 0 aliphatic carbocycles. The molecule has 0 fully saturated rings. The van der Waals surface area contributed by atoms with Gasteiger partial charge in [0.2, 0.25) is 0 Å². The Morgan fingerprint density at radius 3 is 3.00 bits per heavy atom. The summed E-state index contributed by atoms with van der Waals surface area (Å²) in [5.41, 5.74) is 8.61. The van der Waals surface area contributed by atoms with Crippen molar-refractivity contribution in [3.8, 4) is 0 Å². The smallest absolute Gasteiger partial charge is 0.153 e. The number of halogens is 1. The highest BCUT2D eigenvalue weighted by atomic mass is 19.1. The molecule has 0 radical (unpaired) electrons. The molecule has 5 heteroatoms. The maximum Gasteiger partial charge on any atom is 0.153 e. The Morgan fingerprint density at radius 1 is 1.50 bits per heavy atom. The number of nitrogens with zero attached hydrogens (tertiary/aromatic N) is 3. The van der Waals surface area contributed by atoms with Crippen molar-refractivity contribution < 1.29 is 9.18 Å². The first kappa shape index (κ1) is 11.9. The minimum Gasteiger partial charge on any atom is -0.298 e. The minimum absolute atomic E-state index is 0.0440. The van der Waals surface area contributed by atoms with E-state index in [4.69, 9.17) is 5.53 Å². The van der Waals surface area contributed by atoms with Gasteiger partial charge in [0, 0.05) is 11.5 Å². The van der Waals surface area contributed by atoms with Crippen LogP contribution in [-0.4, -0.2) is 12.8 Å². The zero-order valence-electron chi connectivity index (χ0n) is 8.51. The van der Waals surface area contributed by atoms with Crippen LogP contribution in [0.25, 0.3) is 16.5 Å². The molecule has 0 heterocycles. The molecule has 16 heavy (non-hydrogen) atoms. The summed E-state index contributed by atoms with van der Waals surface area (Å²) in [4.78, 5) is 13.2. The Hall–Kier alpha value is -2.13. The predicted octanol–water partition coefficient (Wildman–Crippen LogP) is 3.35. The van der Waals surface area contributed by atoms with Crippen molar-refractivity contribution in [3.63, 3.8) is 0 Å². The molecule has 0 atom stereocenters. The van der Waals surface area contributed by atoms with E-state index in [2.05, 4.69) is 10.0 Å². The molecule has 0 aliphatic rings. The molecule has 1 rings (SSSR count). The molecule has 0 N–H and O–H groups in total. The summed E-state index contributed by atoms with van der Waals surface area (Å²) in [6, 6.07) is 4.42. The molecule has 0 unspecified atom stereocenters. The van der Waals surface area contributed by atoms with E-state index >= 15 is 0 Å². The lowest BCUT2D eigenvalue weighted by Gasteiger charge is -1.99. The highest BCUT2D eigenvalue weighted by Crippen LogP contribution is 2.13. The molecule has 1 aromatic carbocycles. The summed E-state index contributed by atoms with van der Waals surface area (Å²) in [5, 5.41) is 3.35. The van der Waals surface area contributed by atoms with Gasteiger partial charge in [0.25, 0.3) is 0 Å². The number of carbonyl (C=O) groups is 1. The monoisotopic (exact) mass is 219 g/mol. The minimum atomic E-state index is -0.535. The third-order valence-corrected chi connectivity index (χ3v) is 1.96. The first-order valence-corrected chi connectivity index (χ1v) is 4.70. The Bertz CT molecular complexity index is 451. The number of hydrogen-bond donors (Lipinski definition) is 0. The lowest BCUT2D eigenvalue weighted by molar-refractivity contribution is 0.111. The largest absolute Gasteiger partial charge is 0.298 e. The zero-order valence-corrected chi connectivity index (χ0v) is 8.51. The lowest BCUT2D eigenvalue weighted by atomic mass is 10.1. The van der Waals surface area contributed by atoms with Gasteiger partial charge >= 0.3 is 0 Å². The molecule has 0 bridgehead atoms. The molecule has 82 valence electrons. The standard InChI is InChI=1S/C11H10FN3O/c12-11-6-3-5-9(10(11)8-16)4-1-2-7-14-15-13/h1,3-6,8H,2,7H2. The Labute approximate surface area is 92.0 Å². The average Bonchev–Trinajstić information content (AvgIpc) is 2.29. The summed E-state index contributed by atoms with van der Waals surface area (Å²) in [7, 11) is 0. The predicted molar refractivity (Wildman–Crippen MR) is 59.5 cm³/mol. The Morgan fingerprint density at radius 2 is 2.31 bits per heavy atom. The van der Waals surface area contributed by atoms with Crippen LogP contribution in [0.15, 0.2) is 29.4 Å². The molecule has 0 spiro atoms. The van der Waals surface area contributed by atoms with E-state index in [1.165, 1.54) is 12.1 Å². The van der Waals surface area contributed by atoms with E-state index in [1.54, 1.807) is 18.2 Å². The number of carbonyl (C=O) groups excluding carboxylic acids is 1. The fourth-order valence-electron chi connectivity index (χ4n) is 1.21. The quantitative estimate of drug-likeness (QED) is 0.246. The fourth-order valence-corrected chi connectivity index (χ4v) is 1.21. The highest BCUT2D eigenvalue weighted by molar-refractivity contribution is 5.82. The molecule has 0 aliphatic heterocycles. The number of hydrogen-bond acceptors (Lipinski definition) is 2. The molecule has 0 saturated heterocycles. The van der Waals surface area contributed by atoms with Crippen molar-refractivity contribution in [3.05, 3.63) is 51.7 Å². The van der Waals surface area contributed by atoms with Crippen molar-refractivity contribution in [2.75, 3.05) is 6.54 Å². The van der Waals surface area contributed by atoms with Crippen LogP contribution in [0.4, 0.5) is 4.39 Å².